The standard InChI is InChI=1S/C45H68N2S3/c1-7-11-15-17-21-25-35(23-19-13-9-3)31-45(32-36(24-20-14-10-4)26-22-18-16-12-8-2)38-29-34(6)48-43(38)44-39(45)30-40(49-44)37-28-27-33(5)41-42(37)47-50-46-41/h27-30,35-36H,7-26,31-32H2,1-6H3. The van der Waals surface area contributed by atoms with E-state index in [1.807, 2.05) is 0 Å². The van der Waals surface area contributed by atoms with E-state index in [1.165, 1.54) is 174 Å². The van der Waals surface area contributed by atoms with Crippen molar-refractivity contribution in [1.29, 1.82) is 0 Å². The minimum absolute atomic E-state index is 0.120. The summed E-state index contributed by atoms with van der Waals surface area (Å²) in [6, 6.07) is 9.91. The van der Waals surface area contributed by atoms with Crippen molar-refractivity contribution in [2.75, 3.05) is 0 Å². The smallest absolute Gasteiger partial charge is 0.113 e. The van der Waals surface area contributed by atoms with E-state index in [0.29, 0.717) is 0 Å². The molecule has 5 heteroatoms. The van der Waals surface area contributed by atoms with Gasteiger partial charge in [0.15, 0.2) is 0 Å². The Bertz CT molecular complexity index is 1540. The highest BCUT2D eigenvalue weighted by molar-refractivity contribution is 7.24. The van der Waals surface area contributed by atoms with Gasteiger partial charge in [0.1, 0.15) is 11.0 Å². The third-order valence-electron chi connectivity index (χ3n) is 11.8. The first-order valence-corrected chi connectivity index (χ1v) is 23.3. The first-order chi connectivity index (χ1) is 24.4. The molecule has 0 fully saturated rings. The van der Waals surface area contributed by atoms with E-state index in [2.05, 4.69) is 88.5 Å². The van der Waals surface area contributed by atoms with Gasteiger partial charge in [-0.15, -0.1) is 22.7 Å². The maximum absolute atomic E-state index is 4.85. The molecular weight excluding hydrogens is 665 g/mol. The van der Waals surface area contributed by atoms with E-state index >= 15 is 0 Å². The van der Waals surface area contributed by atoms with Crippen molar-refractivity contribution in [3.8, 4) is 20.2 Å². The van der Waals surface area contributed by atoms with Crippen molar-refractivity contribution in [2.24, 2.45) is 11.8 Å². The summed E-state index contributed by atoms with van der Waals surface area (Å²) >= 11 is 5.49. The number of aryl methyl sites for hydroxylation is 2. The van der Waals surface area contributed by atoms with Crippen LogP contribution in [0.3, 0.4) is 0 Å². The molecule has 5 rings (SSSR count). The lowest BCUT2D eigenvalue weighted by Crippen LogP contribution is -2.31. The molecule has 2 unspecified atom stereocenters. The lowest BCUT2D eigenvalue weighted by Gasteiger charge is -2.38. The first-order valence-electron chi connectivity index (χ1n) is 20.9. The van der Waals surface area contributed by atoms with E-state index in [4.69, 9.17) is 8.75 Å². The predicted octanol–water partition coefficient (Wildman–Crippen LogP) is 16.3. The van der Waals surface area contributed by atoms with Crippen molar-refractivity contribution in [1.82, 2.24) is 8.75 Å². The van der Waals surface area contributed by atoms with Crippen molar-refractivity contribution in [3.05, 3.63) is 45.8 Å². The zero-order chi connectivity index (χ0) is 35.3. The Kier molecular flexibility index (Phi) is 15.9. The number of benzene rings is 1. The Balaban J connectivity index is 1.58. The molecule has 0 N–H and O–H groups in total. The predicted molar refractivity (Wildman–Crippen MR) is 226 cm³/mol. The van der Waals surface area contributed by atoms with Crippen molar-refractivity contribution < 1.29 is 0 Å². The highest BCUT2D eigenvalue weighted by Gasteiger charge is 2.48. The largest absolute Gasteiger partial charge is 0.173 e. The first kappa shape index (κ1) is 39.6. The molecule has 50 heavy (non-hydrogen) atoms. The van der Waals surface area contributed by atoms with Gasteiger partial charge in [-0.05, 0) is 67.3 Å². The number of aromatic nitrogens is 2. The van der Waals surface area contributed by atoms with Crippen LogP contribution in [-0.4, -0.2) is 8.75 Å². The van der Waals surface area contributed by atoms with E-state index < -0.39 is 0 Å². The fourth-order valence-electron chi connectivity index (χ4n) is 9.07. The Morgan fingerprint density at radius 2 is 1.04 bits per heavy atom. The maximum atomic E-state index is 4.85. The van der Waals surface area contributed by atoms with Crippen molar-refractivity contribution >= 4 is 45.4 Å². The lowest BCUT2D eigenvalue weighted by atomic mass is 9.65. The zero-order valence-electron chi connectivity index (χ0n) is 32.6. The van der Waals surface area contributed by atoms with Gasteiger partial charge in [-0.2, -0.15) is 8.75 Å². The summed E-state index contributed by atoms with van der Waals surface area (Å²) in [6.07, 6.45) is 30.3. The minimum atomic E-state index is 0.120. The number of nitrogens with zero attached hydrogens (tertiary/aromatic N) is 2. The van der Waals surface area contributed by atoms with Crippen LogP contribution in [0.15, 0.2) is 24.3 Å². The zero-order valence-corrected chi connectivity index (χ0v) is 35.1. The summed E-state index contributed by atoms with van der Waals surface area (Å²) in [4.78, 5) is 6.07. The highest BCUT2D eigenvalue weighted by Crippen LogP contribution is 2.62. The fourth-order valence-corrected chi connectivity index (χ4v) is 12.2. The van der Waals surface area contributed by atoms with Gasteiger partial charge >= 0.3 is 0 Å². The molecule has 3 heterocycles. The molecular formula is C45H68N2S3. The number of hydrogen-bond donors (Lipinski definition) is 0. The highest BCUT2D eigenvalue weighted by atomic mass is 32.1. The van der Waals surface area contributed by atoms with E-state index in [1.54, 1.807) is 20.9 Å². The average Bonchev–Trinajstić information content (AvgIpc) is 3.90. The molecule has 1 aliphatic rings. The lowest BCUT2D eigenvalue weighted by molar-refractivity contribution is 0.251. The van der Waals surface area contributed by atoms with Crippen LogP contribution in [0.1, 0.15) is 191 Å². The fraction of sp³-hybridized carbons (Fsp3) is 0.689. The number of hydrogen-bond acceptors (Lipinski definition) is 5. The summed E-state index contributed by atoms with van der Waals surface area (Å²) in [5, 5.41) is 0. The molecule has 1 aromatic carbocycles. The van der Waals surface area contributed by atoms with Gasteiger partial charge in [-0.3, -0.25) is 0 Å². The SMILES string of the molecule is CCCCCCCC(CCCCC)CC1(CC(CCCCC)CCCCCCC)c2cc(C)sc2-c2sc(-c3ccc(C)c4nsnc34)cc21. The third-order valence-corrected chi connectivity index (χ3v) is 14.8. The Morgan fingerprint density at radius 1 is 0.560 bits per heavy atom. The summed E-state index contributed by atoms with van der Waals surface area (Å²) in [5.41, 5.74) is 8.19. The monoisotopic (exact) mass is 732 g/mol. The minimum Gasteiger partial charge on any atom is -0.173 e. The molecule has 2 nitrogen and oxygen atoms in total. The molecule has 0 bridgehead atoms. The molecule has 0 aliphatic heterocycles. The maximum Gasteiger partial charge on any atom is 0.113 e. The molecule has 276 valence electrons. The molecule has 0 radical (unpaired) electrons. The molecule has 2 atom stereocenters. The second kappa shape index (κ2) is 20.0. The van der Waals surface area contributed by atoms with Gasteiger partial charge in [0.2, 0.25) is 0 Å². The van der Waals surface area contributed by atoms with E-state index in [9.17, 15) is 0 Å². The summed E-state index contributed by atoms with van der Waals surface area (Å²) in [7, 11) is 0. The van der Waals surface area contributed by atoms with Crippen molar-refractivity contribution in [3.63, 3.8) is 0 Å². The number of thiophene rings is 2. The van der Waals surface area contributed by atoms with Crippen LogP contribution in [0.2, 0.25) is 0 Å². The third kappa shape index (κ3) is 9.70. The van der Waals surface area contributed by atoms with Crippen LogP contribution in [0, 0.1) is 25.7 Å². The Morgan fingerprint density at radius 3 is 1.62 bits per heavy atom. The molecule has 1 aliphatic carbocycles. The molecule has 0 saturated carbocycles. The van der Waals surface area contributed by atoms with Crippen LogP contribution in [0.4, 0.5) is 0 Å². The summed E-state index contributed by atoms with van der Waals surface area (Å²) < 4.78 is 9.57. The van der Waals surface area contributed by atoms with Gasteiger partial charge in [0.05, 0.1) is 11.7 Å². The molecule has 0 amide bonds. The second-order valence-electron chi connectivity index (χ2n) is 16.0. The number of unbranched alkanes of at least 4 members (excludes halogenated alkanes) is 12. The van der Waals surface area contributed by atoms with Crippen LogP contribution in [0.5, 0.6) is 0 Å². The van der Waals surface area contributed by atoms with E-state index in [0.717, 1.165) is 22.9 Å². The van der Waals surface area contributed by atoms with Crippen LogP contribution < -0.4 is 0 Å². The Hall–Kier alpha value is -1.56. The average molecular weight is 733 g/mol. The molecule has 0 saturated heterocycles. The van der Waals surface area contributed by atoms with Gasteiger partial charge in [0, 0.05) is 30.5 Å². The van der Waals surface area contributed by atoms with Gasteiger partial charge in [0.25, 0.3) is 0 Å². The quantitative estimate of drug-likeness (QED) is 0.0634. The van der Waals surface area contributed by atoms with E-state index in [-0.39, 0.29) is 5.41 Å². The number of fused-ring (bicyclic) bond motifs is 4. The molecule has 0 spiro atoms. The van der Waals surface area contributed by atoms with Gasteiger partial charge in [-0.25, -0.2) is 0 Å². The van der Waals surface area contributed by atoms with Crippen LogP contribution in [-0.2, 0) is 5.41 Å². The van der Waals surface area contributed by atoms with Gasteiger partial charge in [-0.1, -0.05) is 168 Å². The normalized spacial score (nSPS) is 16.7. The second-order valence-corrected chi connectivity index (χ2v) is 18.8. The summed E-state index contributed by atoms with van der Waals surface area (Å²) in [5.74, 6) is 1.58. The van der Waals surface area contributed by atoms with Crippen LogP contribution in [0.25, 0.3) is 31.2 Å². The van der Waals surface area contributed by atoms with Crippen molar-refractivity contribution in [2.45, 2.75) is 188 Å². The van der Waals surface area contributed by atoms with Gasteiger partial charge < -0.3 is 0 Å². The molecule has 4 aromatic rings. The topological polar surface area (TPSA) is 25.8 Å². The number of rotatable bonds is 25. The Labute approximate surface area is 318 Å². The molecule has 3 aromatic heterocycles. The van der Waals surface area contributed by atoms with Crippen LogP contribution >= 0.6 is 34.4 Å². The summed E-state index contributed by atoms with van der Waals surface area (Å²) in [6.45, 7) is 14.0.